The van der Waals surface area contributed by atoms with Crippen LogP contribution in [0.3, 0.4) is 0 Å². The third-order valence-electron chi connectivity index (χ3n) is 5.61. The van der Waals surface area contributed by atoms with Crippen molar-refractivity contribution in [2.75, 3.05) is 6.54 Å². The lowest BCUT2D eigenvalue weighted by molar-refractivity contribution is 0.171. The molecule has 7 heteroatoms. The highest BCUT2D eigenvalue weighted by atomic mass is 79.9. The van der Waals surface area contributed by atoms with Crippen molar-refractivity contribution in [2.24, 2.45) is 0 Å². The quantitative estimate of drug-likeness (QED) is 0.276. The summed E-state index contributed by atoms with van der Waals surface area (Å²) in [4.78, 5) is 25.9. The first-order chi connectivity index (χ1) is 15.6. The van der Waals surface area contributed by atoms with Crippen molar-refractivity contribution in [3.63, 3.8) is 0 Å². The summed E-state index contributed by atoms with van der Waals surface area (Å²) in [6, 6.07) is 18.6. The SMILES string of the molecule is CCCN(Cc1ccc(Br)cc1)C(CC)c1nc2scnc2c(=O)n1Cc1ccccc1. The molecule has 0 radical (unpaired) electrons. The topological polar surface area (TPSA) is 51.0 Å². The molecule has 2 heterocycles. The van der Waals surface area contributed by atoms with Gasteiger partial charge in [-0.2, -0.15) is 0 Å². The summed E-state index contributed by atoms with van der Waals surface area (Å²) in [6.45, 7) is 6.59. The largest absolute Gasteiger partial charge is 0.289 e. The van der Waals surface area contributed by atoms with Gasteiger partial charge in [0.05, 0.1) is 18.1 Å². The van der Waals surface area contributed by atoms with E-state index in [1.807, 2.05) is 34.9 Å². The molecule has 4 rings (SSSR count). The number of nitrogens with zero attached hydrogens (tertiary/aromatic N) is 4. The van der Waals surface area contributed by atoms with Gasteiger partial charge in [0.15, 0.2) is 10.3 Å². The molecule has 0 aliphatic rings. The number of fused-ring (bicyclic) bond motifs is 1. The van der Waals surface area contributed by atoms with E-state index in [2.05, 4.69) is 63.9 Å². The van der Waals surface area contributed by atoms with Crippen molar-refractivity contribution in [2.45, 2.75) is 45.8 Å². The van der Waals surface area contributed by atoms with E-state index in [-0.39, 0.29) is 11.6 Å². The van der Waals surface area contributed by atoms with E-state index in [4.69, 9.17) is 4.98 Å². The molecule has 4 aromatic rings. The summed E-state index contributed by atoms with van der Waals surface area (Å²) in [7, 11) is 0. The average molecular weight is 511 g/mol. The number of rotatable bonds is 9. The average Bonchev–Trinajstić information content (AvgIpc) is 3.28. The predicted molar refractivity (Wildman–Crippen MR) is 135 cm³/mol. The Morgan fingerprint density at radius 2 is 1.81 bits per heavy atom. The van der Waals surface area contributed by atoms with Gasteiger partial charge in [0, 0.05) is 11.0 Å². The zero-order valence-corrected chi connectivity index (χ0v) is 20.8. The molecule has 0 bridgehead atoms. The van der Waals surface area contributed by atoms with E-state index in [0.29, 0.717) is 16.9 Å². The van der Waals surface area contributed by atoms with Gasteiger partial charge < -0.3 is 0 Å². The summed E-state index contributed by atoms with van der Waals surface area (Å²) in [6.07, 6.45) is 1.89. The predicted octanol–water partition coefficient (Wildman–Crippen LogP) is 6.03. The summed E-state index contributed by atoms with van der Waals surface area (Å²) < 4.78 is 2.90. The minimum absolute atomic E-state index is 0.0292. The van der Waals surface area contributed by atoms with Gasteiger partial charge >= 0.3 is 0 Å². The molecule has 32 heavy (non-hydrogen) atoms. The highest BCUT2D eigenvalue weighted by Gasteiger charge is 2.25. The van der Waals surface area contributed by atoms with E-state index >= 15 is 0 Å². The lowest BCUT2D eigenvalue weighted by atomic mass is 10.1. The van der Waals surface area contributed by atoms with Crippen LogP contribution in [0, 0.1) is 0 Å². The van der Waals surface area contributed by atoms with Gasteiger partial charge in [-0.15, -0.1) is 11.3 Å². The van der Waals surface area contributed by atoms with E-state index in [1.165, 1.54) is 16.9 Å². The summed E-state index contributed by atoms with van der Waals surface area (Å²) >= 11 is 4.95. The second-order valence-electron chi connectivity index (χ2n) is 7.87. The summed E-state index contributed by atoms with van der Waals surface area (Å²) in [5.74, 6) is 0.823. The molecule has 0 spiro atoms. The maximum Gasteiger partial charge on any atom is 0.281 e. The minimum atomic E-state index is -0.0614. The first-order valence-electron chi connectivity index (χ1n) is 11.0. The van der Waals surface area contributed by atoms with Crippen LogP contribution < -0.4 is 5.56 Å². The Bertz CT molecular complexity index is 1220. The van der Waals surface area contributed by atoms with Crippen LogP contribution in [-0.2, 0) is 13.1 Å². The van der Waals surface area contributed by atoms with E-state index < -0.39 is 0 Å². The Morgan fingerprint density at radius 1 is 1.06 bits per heavy atom. The molecular weight excluding hydrogens is 484 g/mol. The zero-order chi connectivity index (χ0) is 22.5. The Kier molecular flexibility index (Phi) is 7.50. The molecular formula is C25H27BrN4OS. The van der Waals surface area contributed by atoms with Crippen LogP contribution in [0.25, 0.3) is 10.3 Å². The van der Waals surface area contributed by atoms with Gasteiger partial charge in [-0.25, -0.2) is 9.97 Å². The number of halogens is 1. The number of thiazole rings is 1. The van der Waals surface area contributed by atoms with Crippen molar-refractivity contribution in [3.8, 4) is 0 Å². The van der Waals surface area contributed by atoms with Crippen LogP contribution in [0.4, 0.5) is 0 Å². The van der Waals surface area contributed by atoms with E-state index in [1.54, 1.807) is 5.51 Å². The second-order valence-corrected chi connectivity index (χ2v) is 9.62. The van der Waals surface area contributed by atoms with Gasteiger partial charge in [-0.05, 0) is 42.6 Å². The van der Waals surface area contributed by atoms with Crippen LogP contribution in [0.1, 0.15) is 49.7 Å². The molecule has 0 aliphatic heterocycles. The minimum Gasteiger partial charge on any atom is -0.289 e. The highest BCUT2D eigenvalue weighted by Crippen LogP contribution is 2.27. The third-order valence-corrected chi connectivity index (χ3v) is 6.86. The normalized spacial score (nSPS) is 12.5. The standard InChI is InChI=1S/C25H27BrN4OS/c1-3-14-29(15-19-10-12-20(26)13-11-19)21(4-2)23-28-24-22(27-17-32-24)25(31)30(23)16-18-8-6-5-7-9-18/h5-13,17,21H,3-4,14-16H2,1-2H3. The Morgan fingerprint density at radius 3 is 2.50 bits per heavy atom. The smallest absolute Gasteiger partial charge is 0.281 e. The Balaban J connectivity index is 1.79. The molecule has 166 valence electrons. The fourth-order valence-corrected chi connectivity index (χ4v) is 5.02. The monoisotopic (exact) mass is 510 g/mol. The van der Waals surface area contributed by atoms with E-state index in [9.17, 15) is 4.79 Å². The van der Waals surface area contributed by atoms with Crippen molar-refractivity contribution in [1.29, 1.82) is 0 Å². The highest BCUT2D eigenvalue weighted by molar-refractivity contribution is 9.10. The second kappa shape index (κ2) is 10.5. The van der Waals surface area contributed by atoms with Crippen molar-refractivity contribution < 1.29 is 0 Å². The number of hydrogen-bond acceptors (Lipinski definition) is 5. The lowest BCUT2D eigenvalue weighted by Gasteiger charge is -2.32. The molecule has 2 aromatic carbocycles. The molecule has 0 N–H and O–H groups in total. The van der Waals surface area contributed by atoms with Gasteiger partial charge in [-0.3, -0.25) is 14.3 Å². The number of benzene rings is 2. The molecule has 5 nitrogen and oxygen atoms in total. The fourth-order valence-electron chi connectivity index (χ4n) is 4.10. The Labute approximate surface area is 200 Å². The molecule has 2 aromatic heterocycles. The van der Waals surface area contributed by atoms with Crippen LogP contribution in [0.15, 0.2) is 69.4 Å². The van der Waals surface area contributed by atoms with Gasteiger partial charge in [-0.1, -0.05) is 72.2 Å². The zero-order valence-electron chi connectivity index (χ0n) is 18.4. The first kappa shape index (κ1) is 22.8. The van der Waals surface area contributed by atoms with Crippen molar-refractivity contribution in [3.05, 3.63) is 91.9 Å². The molecule has 0 fully saturated rings. The van der Waals surface area contributed by atoms with Gasteiger partial charge in [0.2, 0.25) is 0 Å². The third kappa shape index (κ3) is 5.00. The summed E-state index contributed by atoms with van der Waals surface area (Å²) in [5.41, 5.74) is 4.43. The maximum absolute atomic E-state index is 13.5. The molecule has 0 aliphatic carbocycles. The Hall–Kier alpha value is -2.35. The molecule has 0 saturated carbocycles. The first-order valence-corrected chi connectivity index (χ1v) is 12.6. The van der Waals surface area contributed by atoms with Gasteiger partial charge in [0.25, 0.3) is 5.56 Å². The lowest BCUT2D eigenvalue weighted by Crippen LogP contribution is -2.35. The van der Waals surface area contributed by atoms with Crippen LogP contribution in [0.5, 0.6) is 0 Å². The van der Waals surface area contributed by atoms with Crippen LogP contribution in [-0.4, -0.2) is 26.0 Å². The fraction of sp³-hybridized carbons (Fsp3) is 0.320. The molecule has 0 saturated heterocycles. The summed E-state index contributed by atoms with van der Waals surface area (Å²) in [5, 5.41) is 0. The van der Waals surface area contributed by atoms with Crippen LogP contribution >= 0.6 is 27.3 Å². The van der Waals surface area contributed by atoms with Crippen LogP contribution in [0.2, 0.25) is 0 Å². The number of hydrogen-bond donors (Lipinski definition) is 0. The maximum atomic E-state index is 13.5. The molecule has 1 atom stereocenters. The van der Waals surface area contributed by atoms with Gasteiger partial charge in [0.1, 0.15) is 5.82 Å². The van der Waals surface area contributed by atoms with E-state index in [0.717, 1.165) is 41.8 Å². The molecule has 1 unspecified atom stereocenters. The van der Waals surface area contributed by atoms with Crippen molar-refractivity contribution in [1.82, 2.24) is 19.4 Å². The number of aromatic nitrogens is 3. The molecule has 0 amide bonds. The van der Waals surface area contributed by atoms with Crippen molar-refractivity contribution >= 4 is 37.6 Å².